The van der Waals surface area contributed by atoms with Gasteiger partial charge in [-0.2, -0.15) is 0 Å². The minimum absolute atomic E-state index is 0.757. The van der Waals surface area contributed by atoms with Crippen molar-refractivity contribution < 1.29 is 0 Å². The van der Waals surface area contributed by atoms with Gasteiger partial charge in [0.15, 0.2) is 0 Å². The molecule has 0 unspecified atom stereocenters. The lowest BCUT2D eigenvalue weighted by Crippen LogP contribution is -2.69. The lowest BCUT2D eigenvalue weighted by Gasteiger charge is -2.57. The highest BCUT2D eigenvalue weighted by Crippen LogP contribution is 2.33. The van der Waals surface area contributed by atoms with Crippen LogP contribution in [-0.4, -0.2) is 48.1 Å². The van der Waals surface area contributed by atoms with Crippen molar-refractivity contribution in [2.24, 2.45) is 0 Å². The van der Waals surface area contributed by atoms with Crippen LogP contribution in [0.25, 0.3) is 0 Å². The first-order valence-corrected chi connectivity index (χ1v) is 4.64. The Bertz CT molecular complexity index is 144. The van der Waals surface area contributed by atoms with Gasteiger partial charge in [0, 0.05) is 31.2 Å². The summed E-state index contributed by atoms with van der Waals surface area (Å²) >= 11 is 0. The predicted octanol–water partition coefficient (Wildman–Crippen LogP) is 0.783. The van der Waals surface area contributed by atoms with E-state index in [9.17, 15) is 0 Å². The monoisotopic (exact) mass is 154 g/mol. The SMILES string of the molecule is CC(C)N1[C@@H]2C[C@H]1CN(C)C2. The summed E-state index contributed by atoms with van der Waals surface area (Å²) in [6.45, 7) is 7.19. The van der Waals surface area contributed by atoms with Crippen LogP contribution in [0.5, 0.6) is 0 Å². The summed E-state index contributed by atoms with van der Waals surface area (Å²) in [6, 6.07) is 2.50. The van der Waals surface area contributed by atoms with E-state index in [1.807, 2.05) is 0 Å². The third-order valence-electron chi connectivity index (χ3n) is 3.03. The van der Waals surface area contributed by atoms with E-state index in [1.54, 1.807) is 0 Å². The zero-order chi connectivity index (χ0) is 8.01. The highest BCUT2D eigenvalue weighted by Gasteiger charge is 2.44. The highest BCUT2D eigenvalue weighted by atomic mass is 15.4. The van der Waals surface area contributed by atoms with Gasteiger partial charge >= 0.3 is 0 Å². The number of piperidine rings is 1. The van der Waals surface area contributed by atoms with Crippen molar-refractivity contribution in [3.8, 4) is 0 Å². The normalized spacial score (nSPS) is 39.3. The second-order valence-corrected chi connectivity index (χ2v) is 4.31. The van der Waals surface area contributed by atoms with E-state index in [0.717, 1.165) is 18.1 Å². The maximum Gasteiger partial charge on any atom is 0.0244 e. The molecule has 0 radical (unpaired) electrons. The van der Waals surface area contributed by atoms with Crippen LogP contribution in [0.15, 0.2) is 0 Å². The van der Waals surface area contributed by atoms with Gasteiger partial charge in [0.05, 0.1) is 0 Å². The van der Waals surface area contributed by atoms with Gasteiger partial charge in [-0.15, -0.1) is 0 Å². The molecule has 0 aliphatic carbocycles. The quantitative estimate of drug-likeness (QED) is 0.551. The molecular weight excluding hydrogens is 136 g/mol. The Kier molecular flexibility index (Phi) is 1.69. The third-order valence-corrected chi connectivity index (χ3v) is 3.03. The average molecular weight is 154 g/mol. The Hall–Kier alpha value is -0.0800. The first-order chi connectivity index (χ1) is 5.18. The number of piperazine rings is 1. The minimum Gasteiger partial charge on any atom is -0.303 e. The van der Waals surface area contributed by atoms with Crippen LogP contribution in [-0.2, 0) is 0 Å². The molecule has 2 bridgehead atoms. The Morgan fingerprint density at radius 1 is 1.18 bits per heavy atom. The molecule has 3 rings (SSSR count). The lowest BCUT2D eigenvalue weighted by atomic mass is 9.86. The minimum atomic E-state index is 0.757. The summed E-state index contributed by atoms with van der Waals surface area (Å²) in [5.74, 6) is 0. The smallest absolute Gasteiger partial charge is 0.0244 e. The van der Waals surface area contributed by atoms with E-state index in [-0.39, 0.29) is 0 Å². The molecule has 0 saturated carbocycles. The topological polar surface area (TPSA) is 6.48 Å². The van der Waals surface area contributed by atoms with Gasteiger partial charge in [-0.05, 0) is 27.3 Å². The van der Waals surface area contributed by atoms with Gasteiger partial charge in [0.25, 0.3) is 0 Å². The first-order valence-electron chi connectivity index (χ1n) is 4.64. The Morgan fingerprint density at radius 3 is 2.18 bits per heavy atom. The summed E-state index contributed by atoms with van der Waals surface area (Å²) in [5, 5.41) is 0. The maximum absolute atomic E-state index is 2.67. The van der Waals surface area contributed by atoms with Crippen molar-refractivity contribution in [2.45, 2.75) is 38.4 Å². The molecule has 3 aliphatic rings. The van der Waals surface area contributed by atoms with Crippen molar-refractivity contribution in [1.29, 1.82) is 0 Å². The number of fused-ring (bicyclic) bond motifs is 2. The zero-order valence-corrected chi connectivity index (χ0v) is 7.75. The molecule has 0 spiro atoms. The van der Waals surface area contributed by atoms with E-state index < -0.39 is 0 Å². The molecule has 3 heterocycles. The summed E-state index contributed by atoms with van der Waals surface area (Å²) in [6.07, 6.45) is 1.45. The molecule has 0 aromatic carbocycles. The molecule has 0 amide bonds. The number of likely N-dealkylation sites (N-methyl/N-ethyl adjacent to an activating group) is 1. The van der Waals surface area contributed by atoms with E-state index in [2.05, 4.69) is 30.7 Å². The Morgan fingerprint density at radius 2 is 1.73 bits per heavy atom. The van der Waals surface area contributed by atoms with Crippen molar-refractivity contribution >= 4 is 0 Å². The van der Waals surface area contributed by atoms with E-state index in [0.29, 0.717) is 0 Å². The third kappa shape index (κ3) is 1.09. The van der Waals surface area contributed by atoms with E-state index in [4.69, 9.17) is 0 Å². The fraction of sp³-hybridized carbons (Fsp3) is 1.00. The van der Waals surface area contributed by atoms with E-state index >= 15 is 0 Å². The molecule has 11 heavy (non-hydrogen) atoms. The van der Waals surface area contributed by atoms with E-state index in [1.165, 1.54) is 19.5 Å². The van der Waals surface area contributed by atoms with Gasteiger partial charge in [-0.1, -0.05) is 0 Å². The molecule has 2 atom stereocenters. The predicted molar refractivity (Wildman–Crippen MR) is 46.7 cm³/mol. The first kappa shape index (κ1) is 7.56. The van der Waals surface area contributed by atoms with Crippen LogP contribution in [0.2, 0.25) is 0 Å². The van der Waals surface area contributed by atoms with Gasteiger partial charge in [-0.25, -0.2) is 0 Å². The van der Waals surface area contributed by atoms with Crippen LogP contribution < -0.4 is 0 Å². The summed E-state index contributed by atoms with van der Waals surface area (Å²) in [4.78, 5) is 5.12. The van der Waals surface area contributed by atoms with Crippen molar-refractivity contribution in [2.75, 3.05) is 20.1 Å². The van der Waals surface area contributed by atoms with Crippen molar-refractivity contribution in [1.82, 2.24) is 9.80 Å². The fourth-order valence-electron chi connectivity index (χ4n) is 2.69. The van der Waals surface area contributed by atoms with Gasteiger partial charge in [0.2, 0.25) is 0 Å². The summed E-state index contributed by atoms with van der Waals surface area (Å²) < 4.78 is 0. The molecular formula is C9H18N2. The Balaban J connectivity index is 1.98. The maximum atomic E-state index is 2.67. The zero-order valence-electron chi connectivity index (χ0n) is 7.75. The second kappa shape index (κ2) is 2.46. The molecule has 3 saturated heterocycles. The molecule has 3 aliphatic heterocycles. The molecule has 0 aromatic rings. The molecule has 2 nitrogen and oxygen atoms in total. The summed E-state index contributed by atoms with van der Waals surface area (Å²) in [7, 11) is 2.23. The molecule has 3 fully saturated rings. The van der Waals surface area contributed by atoms with Gasteiger partial charge in [-0.3, -0.25) is 4.90 Å². The van der Waals surface area contributed by atoms with Crippen LogP contribution in [0.4, 0.5) is 0 Å². The second-order valence-electron chi connectivity index (χ2n) is 4.31. The van der Waals surface area contributed by atoms with Crippen LogP contribution in [0.3, 0.4) is 0 Å². The number of hydrogen-bond acceptors (Lipinski definition) is 2. The lowest BCUT2D eigenvalue weighted by molar-refractivity contribution is -0.0804. The number of nitrogens with zero attached hydrogens (tertiary/aromatic N) is 2. The number of hydrogen-bond donors (Lipinski definition) is 0. The molecule has 64 valence electrons. The standard InChI is InChI=1S/C9H18N2/c1-7(2)11-8-4-9(11)6-10(3)5-8/h7-9H,4-6H2,1-3H3/t8-,9+. The average Bonchev–Trinajstić information content (AvgIpc) is 1.84. The van der Waals surface area contributed by atoms with Crippen LogP contribution in [0, 0.1) is 0 Å². The molecule has 0 aromatic heterocycles. The van der Waals surface area contributed by atoms with Crippen LogP contribution in [0.1, 0.15) is 20.3 Å². The fourth-order valence-corrected chi connectivity index (χ4v) is 2.69. The van der Waals surface area contributed by atoms with Crippen molar-refractivity contribution in [3.63, 3.8) is 0 Å². The number of rotatable bonds is 1. The molecule has 0 N–H and O–H groups in total. The molecule has 2 heteroatoms. The van der Waals surface area contributed by atoms with Crippen LogP contribution >= 0.6 is 0 Å². The van der Waals surface area contributed by atoms with Gasteiger partial charge in [0.1, 0.15) is 0 Å². The largest absolute Gasteiger partial charge is 0.303 e. The summed E-state index contributed by atoms with van der Waals surface area (Å²) in [5.41, 5.74) is 0. The van der Waals surface area contributed by atoms with Crippen molar-refractivity contribution in [3.05, 3.63) is 0 Å². The van der Waals surface area contributed by atoms with Gasteiger partial charge < -0.3 is 4.90 Å². The highest BCUT2D eigenvalue weighted by molar-refractivity contribution is 5.01. The Labute approximate surface area is 69.2 Å².